The zero-order valence-electron chi connectivity index (χ0n) is 13.7. The summed E-state index contributed by atoms with van der Waals surface area (Å²) >= 11 is 5.87. The second-order valence-corrected chi connectivity index (χ2v) is 7.09. The van der Waals surface area contributed by atoms with Gasteiger partial charge in [-0.2, -0.15) is 0 Å². The van der Waals surface area contributed by atoms with E-state index in [0.29, 0.717) is 49.6 Å². The van der Waals surface area contributed by atoms with Gasteiger partial charge < -0.3 is 14.9 Å². The van der Waals surface area contributed by atoms with E-state index in [1.54, 1.807) is 29.2 Å². The van der Waals surface area contributed by atoms with E-state index in [-0.39, 0.29) is 23.8 Å². The van der Waals surface area contributed by atoms with Crippen molar-refractivity contribution < 1.29 is 14.7 Å². The van der Waals surface area contributed by atoms with E-state index in [9.17, 15) is 14.7 Å². The monoisotopic (exact) mass is 350 g/mol. The lowest BCUT2D eigenvalue weighted by Crippen LogP contribution is -2.49. The van der Waals surface area contributed by atoms with Crippen LogP contribution in [0.5, 0.6) is 0 Å². The number of rotatable bonds is 2. The Hall–Kier alpha value is -1.59. The van der Waals surface area contributed by atoms with Gasteiger partial charge in [0.2, 0.25) is 5.91 Å². The number of aliphatic hydroxyl groups excluding tert-OH is 1. The average molecular weight is 351 g/mol. The first-order valence-electron chi connectivity index (χ1n) is 8.56. The zero-order chi connectivity index (χ0) is 17.1. The van der Waals surface area contributed by atoms with Crippen LogP contribution in [0, 0.1) is 5.92 Å². The molecule has 0 saturated carbocycles. The van der Waals surface area contributed by atoms with E-state index >= 15 is 0 Å². The first-order chi connectivity index (χ1) is 11.5. The molecule has 1 atom stereocenters. The van der Waals surface area contributed by atoms with Crippen molar-refractivity contribution in [3.63, 3.8) is 0 Å². The summed E-state index contributed by atoms with van der Waals surface area (Å²) in [6.45, 7) is 2.38. The quantitative estimate of drug-likeness (QED) is 0.889. The second-order valence-electron chi connectivity index (χ2n) is 6.65. The van der Waals surface area contributed by atoms with E-state index in [4.69, 9.17) is 11.6 Å². The van der Waals surface area contributed by atoms with E-state index < -0.39 is 0 Å². The van der Waals surface area contributed by atoms with E-state index in [1.165, 1.54) is 0 Å². The Labute approximate surface area is 147 Å². The number of likely N-dealkylation sites (tertiary alicyclic amines) is 2. The van der Waals surface area contributed by atoms with Crippen LogP contribution >= 0.6 is 11.6 Å². The van der Waals surface area contributed by atoms with Crippen molar-refractivity contribution in [2.24, 2.45) is 5.92 Å². The smallest absolute Gasteiger partial charge is 0.253 e. The molecule has 2 aliphatic rings. The molecule has 0 radical (unpaired) electrons. The molecule has 2 aliphatic heterocycles. The fourth-order valence-electron chi connectivity index (χ4n) is 3.48. The first-order valence-corrected chi connectivity index (χ1v) is 8.94. The maximum Gasteiger partial charge on any atom is 0.253 e. The minimum absolute atomic E-state index is 0.0433. The highest BCUT2D eigenvalue weighted by molar-refractivity contribution is 6.30. The Balaban J connectivity index is 1.62. The molecule has 6 heteroatoms. The molecule has 1 N–H and O–H groups in total. The van der Waals surface area contributed by atoms with Crippen LogP contribution in [0.25, 0.3) is 0 Å². The summed E-state index contributed by atoms with van der Waals surface area (Å²) in [7, 11) is 0. The number of halogens is 1. The van der Waals surface area contributed by atoms with Gasteiger partial charge in [-0.15, -0.1) is 0 Å². The fraction of sp³-hybridized carbons (Fsp3) is 0.556. The number of aliphatic hydroxyl groups is 1. The molecule has 24 heavy (non-hydrogen) atoms. The summed E-state index contributed by atoms with van der Waals surface area (Å²) < 4.78 is 0. The summed E-state index contributed by atoms with van der Waals surface area (Å²) in [6.07, 6.45) is 2.66. The Bertz CT molecular complexity index is 597. The van der Waals surface area contributed by atoms with Crippen molar-refractivity contribution in [2.75, 3.05) is 26.2 Å². The molecule has 3 rings (SSSR count). The molecule has 5 nitrogen and oxygen atoms in total. The normalized spacial score (nSPS) is 22.5. The highest BCUT2D eigenvalue weighted by Crippen LogP contribution is 2.23. The van der Waals surface area contributed by atoms with Crippen molar-refractivity contribution in [2.45, 2.75) is 31.8 Å². The van der Waals surface area contributed by atoms with Gasteiger partial charge in [-0.1, -0.05) is 11.6 Å². The fourth-order valence-corrected chi connectivity index (χ4v) is 3.61. The Morgan fingerprint density at radius 1 is 1.00 bits per heavy atom. The van der Waals surface area contributed by atoms with Crippen LogP contribution in [0.1, 0.15) is 36.0 Å². The van der Waals surface area contributed by atoms with Crippen LogP contribution in [-0.4, -0.2) is 59.0 Å². The molecule has 2 saturated heterocycles. The van der Waals surface area contributed by atoms with Gasteiger partial charge in [0.1, 0.15) is 0 Å². The lowest BCUT2D eigenvalue weighted by Gasteiger charge is -2.37. The van der Waals surface area contributed by atoms with Crippen LogP contribution in [0.2, 0.25) is 5.02 Å². The lowest BCUT2D eigenvalue weighted by molar-refractivity contribution is -0.139. The number of hydrogen-bond acceptors (Lipinski definition) is 3. The number of nitrogens with zero attached hydrogens (tertiary/aromatic N) is 2. The minimum atomic E-state index is -0.289. The van der Waals surface area contributed by atoms with Crippen molar-refractivity contribution in [3.05, 3.63) is 34.9 Å². The van der Waals surface area contributed by atoms with Gasteiger partial charge in [0.15, 0.2) is 0 Å². The molecular formula is C18H23ClN2O3. The molecule has 0 aromatic heterocycles. The first kappa shape index (κ1) is 17.2. The van der Waals surface area contributed by atoms with Gasteiger partial charge in [0, 0.05) is 36.8 Å². The van der Waals surface area contributed by atoms with Crippen LogP contribution in [-0.2, 0) is 4.79 Å². The third-order valence-corrected chi connectivity index (χ3v) is 5.18. The number of carbonyl (C=O) groups is 2. The Morgan fingerprint density at radius 3 is 2.33 bits per heavy atom. The topological polar surface area (TPSA) is 60.9 Å². The molecule has 2 heterocycles. The SMILES string of the molecule is O=C(c1ccc(Cl)cc1)N1CCCC(C(=O)N2CCC(O)CC2)C1. The predicted molar refractivity (Wildman–Crippen MR) is 91.9 cm³/mol. The van der Waals surface area contributed by atoms with E-state index in [1.807, 2.05) is 4.90 Å². The number of hydrogen-bond donors (Lipinski definition) is 1. The number of benzene rings is 1. The van der Waals surface area contributed by atoms with E-state index in [0.717, 1.165) is 12.8 Å². The molecule has 1 aromatic carbocycles. The van der Waals surface area contributed by atoms with Crippen molar-refractivity contribution in [3.8, 4) is 0 Å². The number of carbonyl (C=O) groups excluding carboxylic acids is 2. The maximum atomic E-state index is 12.7. The highest BCUT2D eigenvalue weighted by Gasteiger charge is 2.32. The van der Waals surface area contributed by atoms with Gasteiger partial charge >= 0.3 is 0 Å². The predicted octanol–water partition coefficient (Wildman–Crippen LogP) is 2.18. The summed E-state index contributed by atoms with van der Waals surface area (Å²) in [5.41, 5.74) is 0.605. The van der Waals surface area contributed by atoms with Gasteiger partial charge in [0.25, 0.3) is 5.91 Å². The average Bonchev–Trinajstić information content (AvgIpc) is 2.62. The summed E-state index contributed by atoms with van der Waals surface area (Å²) in [5, 5.41) is 10.2. The van der Waals surface area contributed by atoms with E-state index in [2.05, 4.69) is 0 Å². The van der Waals surface area contributed by atoms with Crippen molar-refractivity contribution in [1.29, 1.82) is 0 Å². The molecule has 0 spiro atoms. The third kappa shape index (κ3) is 3.90. The molecule has 130 valence electrons. The molecule has 1 aromatic rings. The third-order valence-electron chi connectivity index (χ3n) is 4.93. The lowest BCUT2D eigenvalue weighted by atomic mass is 9.94. The number of piperidine rings is 2. The highest BCUT2D eigenvalue weighted by atomic mass is 35.5. The standard InChI is InChI=1S/C18H23ClN2O3/c19-15-5-3-13(4-6-15)17(23)21-9-1-2-14(12-21)18(24)20-10-7-16(22)8-11-20/h3-6,14,16,22H,1-2,7-12H2. The Kier molecular flexibility index (Phi) is 5.41. The van der Waals surface area contributed by atoms with Gasteiger partial charge in [-0.25, -0.2) is 0 Å². The van der Waals surface area contributed by atoms with Crippen molar-refractivity contribution in [1.82, 2.24) is 9.80 Å². The summed E-state index contributed by atoms with van der Waals surface area (Å²) in [4.78, 5) is 28.9. The zero-order valence-corrected chi connectivity index (χ0v) is 14.4. The van der Waals surface area contributed by atoms with Gasteiger partial charge in [0.05, 0.1) is 12.0 Å². The molecule has 2 fully saturated rings. The maximum absolute atomic E-state index is 12.7. The van der Waals surface area contributed by atoms with Gasteiger partial charge in [-0.05, 0) is 49.9 Å². The molecule has 1 unspecified atom stereocenters. The van der Waals surface area contributed by atoms with Gasteiger partial charge in [-0.3, -0.25) is 9.59 Å². The number of amides is 2. The van der Waals surface area contributed by atoms with Crippen LogP contribution < -0.4 is 0 Å². The molecular weight excluding hydrogens is 328 g/mol. The molecule has 0 bridgehead atoms. The molecule has 2 amide bonds. The molecule has 0 aliphatic carbocycles. The summed E-state index contributed by atoms with van der Waals surface area (Å²) in [5.74, 6) is -0.0565. The largest absolute Gasteiger partial charge is 0.393 e. The second kappa shape index (κ2) is 7.53. The van der Waals surface area contributed by atoms with Crippen molar-refractivity contribution >= 4 is 23.4 Å². The summed E-state index contributed by atoms with van der Waals surface area (Å²) in [6, 6.07) is 6.87. The minimum Gasteiger partial charge on any atom is -0.393 e. The van der Waals surface area contributed by atoms with Crippen LogP contribution in [0.4, 0.5) is 0 Å². The van der Waals surface area contributed by atoms with Crippen LogP contribution in [0.15, 0.2) is 24.3 Å². The Morgan fingerprint density at radius 2 is 1.67 bits per heavy atom. The van der Waals surface area contributed by atoms with Crippen LogP contribution in [0.3, 0.4) is 0 Å².